The van der Waals surface area contributed by atoms with E-state index in [4.69, 9.17) is 16.7 Å². The predicted octanol–water partition coefficient (Wildman–Crippen LogP) is 5.55. The Balaban J connectivity index is 1.39. The zero-order chi connectivity index (χ0) is 19.3. The molecule has 28 heavy (non-hydrogen) atoms. The van der Waals surface area contributed by atoms with Crippen LogP contribution in [0, 0.1) is 0 Å². The summed E-state index contributed by atoms with van der Waals surface area (Å²) in [5, 5.41) is 7.81. The molecule has 0 unspecified atom stereocenters. The van der Waals surface area contributed by atoms with Crippen molar-refractivity contribution in [3.05, 3.63) is 89.4 Å². The van der Waals surface area contributed by atoms with Crippen LogP contribution < -0.4 is 4.90 Å². The smallest absolute Gasteiger partial charge is 0.0646 e. The molecule has 3 aromatic rings. The normalized spacial score (nSPS) is 15.0. The van der Waals surface area contributed by atoms with Gasteiger partial charge in [-0.15, -0.1) is 0 Å². The molecule has 1 heterocycles. The first kappa shape index (κ1) is 18.6. The molecule has 1 fully saturated rings. The third-order valence-electron chi connectivity index (χ3n) is 5.15. The van der Waals surface area contributed by atoms with Crippen LogP contribution >= 0.6 is 11.6 Å². The lowest BCUT2D eigenvalue weighted by atomic mass is 10.0. The third-order valence-corrected chi connectivity index (χ3v) is 5.40. The predicted molar refractivity (Wildman–Crippen MR) is 119 cm³/mol. The molecule has 3 aromatic carbocycles. The molecule has 0 aromatic heterocycles. The summed E-state index contributed by atoms with van der Waals surface area (Å²) in [5.41, 5.74) is 5.91. The van der Waals surface area contributed by atoms with Crippen molar-refractivity contribution in [2.45, 2.75) is 6.92 Å². The summed E-state index contributed by atoms with van der Waals surface area (Å²) in [4.78, 5) is 2.38. The van der Waals surface area contributed by atoms with Crippen LogP contribution in [0.1, 0.15) is 12.5 Å². The Labute approximate surface area is 171 Å². The second kappa shape index (κ2) is 8.49. The first-order chi connectivity index (χ1) is 13.7. The molecule has 0 radical (unpaired) electrons. The topological polar surface area (TPSA) is 18.8 Å². The fraction of sp³-hybridized carbons (Fsp3) is 0.208. The SMILES string of the molecule is CC(=NN1CCN(c2ccc(Cl)cc2)CC1)c1ccc(-c2ccccc2)cc1. The van der Waals surface area contributed by atoms with Crippen LogP contribution in [-0.2, 0) is 0 Å². The molecule has 0 atom stereocenters. The standard InChI is InChI=1S/C24H24ClN3/c1-19(20-7-9-22(10-8-20)21-5-3-2-4-6-21)26-28-17-15-27(16-18-28)24-13-11-23(25)12-14-24/h2-14H,15-18H2,1H3. The van der Waals surface area contributed by atoms with Gasteiger partial charge in [0.05, 0.1) is 18.8 Å². The molecule has 4 rings (SSSR count). The van der Waals surface area contributed by atoms with Crippen molar-refractivity contribution >= 4 is 23.0 Å². The van der Waals surface area contributed by atoms with Crippen LogP contribution in [0.2, 0.25) is 5.02 Å². The maximum absolute atomic E-state index is 5.99. The summed E-state index contributed by atoms with van der Waals surface area (Å²) in [6.45, 7) is 5.85. The van der Waals surface area contributed by atoms with E-state index >= 15 is 0 Å². The van der Waals surface area contributed by atoms with Crippen LogP contribution in [0.3, 0.4) is 0 Å². The van der Waals surface area contributed by atoms with E-state index in [1.807, 2.05) is 18.2 Å². The minimum atomic E-state index is 0.779. The molecule has 0 aliphatic carbocycles. The molecular formula is C24H24ClN3. The highest BCUT2D eigenvalue weighted by Gasteiger charge is 2.16. The number of hydrogen-bond donors (Lipinski definition) is 0. The highest BCUT2D eigenvalue weighted by molar-refractivity contribution is 6.30. The van der Waals surface area contributed by atoms with Gasteiger partial charge in [-0.05, 0) is 47.9 Å². The largest absolute Gasteiger partial charge is 0.368 e. The van der Waals surface area contributed by atoms with Gasteiger partial charge in [-0.1, -0.05) is 66.2 Å². The molecule has 0 saturated carbocycles. The lowest BCUT2D eigenvalue weighted by Crippen LogP contribution is -2.44. The van der Waals surface area contributed by atoms with E-state index < -0.39 is 0 Å². The Hall–Kier alpha value is -2.78. The number of hydrogen-bond acceptors (Lipinski definition) is 3. The van der Waals surface area contributed by atoms with Crippen molar-refractivity contribution < 1.29 is 0 Å². The van der Waals surface area contributed by atoms with E-state index in [1.165, 1.54) is 22.4 Å². The minimum Gasteiger partial charge on any atom is -0.368 e. The highest BCUT2D eigenvalue weighted by atomic mass is 35.5. The van der Waals surface area contributed by atoms with Crippen molar-refractivity contribution in [2.24, 2.45) is 5.10 Å². The molecule has 0 bridgehead atoms. The van der Waals surface area contributed by atoms with E-state index in [0.717, 1.165) is 36.9 Å². The molecule has 4 heteroatoms. The van der Waals surface area contributed by atoms with Gasteiger partial charge in [0, 0.05) is 23.8 Å². The van der Waals surface area contributed by atoms with Crippen LogP contribution in [0.5, 0.6) is 0 Å². The Kier molecular flexibility index (Phi) is 5.63. The van der Waals surface area contributed by atoms with E-state index in [-0.39, 0.29) is 0 Å². The molecule has 0 N–H and O–H groups in total. The molecule has 0 amide bonds. The van der Waals surface area contributed by atoms with Crippen molar-refractivity contribution in [1.82, 2.24) is 5.01 Å². The molecule has 3 nitrogen and oxygen atoms in total. The molecule has 0 spiro atoms. The van der Waals surface area contributed by atoms with Gasteiger partial charge in [-0.2, -0.15) is 5.10 Å². The average Bonchev–Trinajstić information content (AvgIpc) is 2.76. The van der Waals surface area contributed by atoms with E-state index in [2.05, 4.69) is 77.5 Å². The Bertz CT molecular complexity index is 926. The van der Waals surface area contributed by atoms with Gasteiger partial charge in [-0.25, -0.2) is 0 Å². The fourth-order valence-electron chi connectivity index (χ4n) is 3.51. The van der Waals surface area contributed by atoms with Crippen molar-refractivity contribution in [3.63, 3.8) is 0 Å². The van der Waals surface area contributed by atoms with Gasteiger partial charge in [0.2, 0.25) is 0 Å². The van der Waals surface area contributed by atoms with Crippen LogP contribution in [0.15, 0.2) is 84.0 Å². The molecule has 1 aliphatic heterocycles. The molecular weight excluding hydrogens is 366 g/mol. The first-order valence-corrected chi connectivity index (χ1v) is 10.0. The second-order valence-electron chi connectivity index (χ2n) is 7.05. The number of anilines is 1. The lowest BCUT2D eigenvalue weighted by Gasteiger charge is -2.35. The quantitative estimate of drug-likeness (QED) is 0.544. The summed E-state index contributed by atoms with van der Waals surface area (Å²) in [5.74, 6) is 0. The maximum atomic E-state index is 5.99. The number of nitrogens with zero attached hydrogens (tertiary/aromatic N) is 3. The zero-order valence-corrected chi connectivity index (χ0v) is 16.8. The van der Waals surface area contributed by atoms with Gasteiger partial charge in [0.1, 0.15) is 0 Å². The third kappa shape index (κ3) is 4.37. The number of benzene rings is 3. The molecule has 142 valence electrons. The summed E-state index contributed by atoms with van der Waals surface area (Å²) >= 11 is 5.99. The van der Waals surface area contributed by atoms with E-state index in [9.17, 15) is 0 Å². The Morgan fingerprint density at radius 1 is 0.750 bits per heavy atom. The van der Waals surface area contributed by atoms with E-state index in [1.54, 1.807) is 0 Å². The van der Waals surface area contributed by atoms with Crippen LogP contribution in [0.25, 0.3) is 11.1 Å². The Morgan fingerprint density at radius 3 is 2.00 bits per heavy atom. The summed E-state index contributed by atoms with van der Waals surface area (Å²) in [7, 11) is 0. The van der Waals surface area contributed by atoms with Crippen molar-refractivity contribution in [3.8, 4) is 11.1 Å². The number of halogens is 1. The molecule has 1 saturated heterocycles. The van der Waals surface area contributed by atoms with Crippen molar-refractivity contribution in [1.29, 1.82) is 0 Å². The summed E-state index contributed by atoms with van der Waals surface area (Å²) in [6, 6.07) is 27.2. The number of piperazine rings is 1. The van der Waals surface area contributed by atoms with Gasteiger partial charge in [-0.3, -0.25) is 5.01 Å². The Morgan fingerprint density at radius 2 is 1.36 bits per heavy atom. The minimum absolute atomic E-state index is 0.779. The summed E-state index contributed by atoms with van der Waals surface area (Å²) in [6.07, 6.45) is 0. The fourth-order valence-corrected chi connectivity index (χ4v) is 3.64. The maximum Gasteiger partial charge on any atom is 0.0646 e. The first-order valence-electron chi connectivity index (χ1n) is 9.65. The van der Waals surface area contributed by atoms with E-state index in [0.29, 0.717) is 0 Å². The van der Waals surface area contributed by atoms with Gasteiger partial charge in [0.25, 0.3) is 0 Å². The molecule has 1 aliphatic rings. The van der Waals surface area contributed by atoms with Gasteiger partial charge >= 0.3 is 0 Å². The zero-order valence-electron chi connectivity index (χ0n) is 16.1. The summed E-state index contributed by atoms with van der Waals surface area (Å²) < 4.78 is 0. The van der Waals surface area contributed by atoms with Gasteiger partial charge < -0.3 is 4.90 Å². The van der Waals surface area contributed by atoms with Crippen LogP contribution in [0.4, 0.5) is 5.69 Å². The van der Waals surface area contributed by atoms with Gasteiger partial charge in [0.15, 0.2) is 0 Å². The van der Waals surface area contributed by atoms with Crippen molar-refractivity contribution in [2.75, 3.05) is 31.1 Å². The van der Waals surface area contributed by atoms with Crippen LogP contribution in [-0.4, -0.2) is 36.9 Å². The number of rotatable bonds is 4. The number of hydrazone groups is 1. The average molecular weight is 390 g/mol. The lowest BCUT2D eigenvalue weighted by molar-refractivity contribution is 0.270. The second-order valence-corrected chi connectivity index (χ2v) is 7.48. The monoisotopic (exact) mass is 389 g/mol. The highest BCUT2D eigenvalue weighted by Crippen LogP contribution is 2.21.